The predicted octanol–water partition coefficient (Wildman–Crippen LogP) is 3.98. The molecule has 1 N–H and O–H groups in total. The number of Topliss-reactive ketones (excluding diaryl/α,β-unsaturated/α-hetero) is 1. The average molecular weight is 262 g/mol. The summed E-state index contributed by atoms with van der Waals surface area (Å²) in [4.78, 5) is 15.4. The molecule has 0 spiro atoms. The summed E-state index contributed by atoms with van der Waals surface area (Å²) in [6, 6.07) is 8.30. The number of fused-ring (bicyclic) bond motifs is 1. The van der Waals surface area contributed by atoms with E-state index in [4.69, 9.17) is 0 Å². The molecule has 2 aromatic rings. The number of aromatic nitrogens is 1. The van der Waals surface area contributed by atoms with Crippen molar-refractivity contribution in [2.75, 3.05) is 0 Å². The molecule has 0 aliphatic heterocycles. The lowest BCUT2D eigenvalue weighted by atomic mass is 9.82. The van der Waals surface area contributed by atoms with Gasteiger partial charge in [-0.1, -0.05) is 12.1 Å². The molecule has 1 aromatic carbocycles. The molecule has 19 heavy (non-hydrogen) atoms. The van der Waals surface area contributed by atoms with Gasteiger partial charge in [0.2, 0.25) is 5.92 Å². The van der Waals surface area contributed by atoms with Gasteiger partial charge in [-0.3, -0.25) is 4.79 Å². The number of H-pyrrole nitrogens is 1. The van der Waals surface area contributed by atoms with Gasteiger partial charge >= 0.3 is 0 Å². The minimum absolute atomic E-state index is 0.0204. The molecule has 99 valence electrons. The number of aromatic amines is 1. The number of benzene rings is 1. The van der Waals surface area contributed by atoms with Crippen molar-refractivity contribution in [3.63, 3.8) is 0 Å². The van der Waals surface area contributed by atoms with Crippen molar-refractivity contribution in [2.24, 2.45) is 5.92 Å². The van der Waals surface area contributed by atoms with Crippen LogP contribution >= 0.6 is 0 Å². The van der Waals surface area contributed by atoms with Gasteiger partial charge in [0.25, 0.3) is 0 Å². The predicted molar refractivity (Wildman–Crippen MR) is 68.4 cm³/mol. The summed E-state index contributed by atoms with van der Waals surface area (Å²) >= 11 is 0. The summed E-state index contributed by atoms with van der Waals surface area (Å²) in [6.45, 7) is 0. The van der Waals surface area contributed by atoms with E-state index in [2.05, 4.69) is 11.1 Å². The Morgan fingerprint density at radius 1 is 1.37 bits per heavy atom. The van der Waals surface area contributed by atoms with Crippen LogP contribution < -0.4 is 0 Å². The smallest absolute Gasteiger partial charge is 0.248 e. The van der Waals surface area contributed by atoms with Crippen LogP contribution in [0.5, 0.6) is 0 Å². The maximum Gasteiger partial charge on any atom is 0.248 e. The molecule has 0 atom stereocenters. The van der Waals surface area contributed by atoms with Crippen LogP contribution in [0.2, 0.25) is 0 Å². The van der Waals surface area contributed by atoms with Crippen LogP contribution in [-0.4, -0.2) is 16.7 Å². The monoisotopic (exact) mass is 262 g/mol. The Bertz CT molecular complexity index is 607. The zero-order valence-corrected chi connectivity index (χ0v) is 10.4. The molecule has 4 heteroatoms. The first-order chi connectivity index (χ1) is 9.07. The van der Waals surface area contributed by atoms with E-state index in [1.54, 1.807) is 18.3 Å². The minimum atomic E-state index is -2.59. The van der Waals surface area contributed by atoms with Crippen LogP contribution in [-0.2, 0) is 0 Å². The third kappa shape index (κ3) is 2.27. The van der Waals surface area contributed by atoms with E-state index in [-0.39, 0.29) is 37.4 Å². The molecular formula is C15H14F2NO. The van der Waals surface area contributed by atoms with E-state index in [0.29, 0.717) is 5.56 Å². The van der Waals surface area contributed by atoms with Gasteiger partial charge in [0.05, 0.1) is 0 Å². The number of rotatable bonds is 2. The second-order valence-electron chi connectivity index (χ2n) is 5.17. The van der Waals surface area contributed by atoms with Gasteiger partial charge in [-0.05, 0) is 25.0 Å². The molecule has 2 nitrogen and oxygen atoms in total. The summed E-state index contributed by atoms with van der Waals surface area (Å²) in [5, 5.41) is 0.848. The topological polar surface area (TPSA) is 32.9 Å². The average Bonchev–Trinajstić information content (AvgIpc) is 2.82. The largest absolute Gasteiger partial charge is 0.360 e. The van der Waals surface area contributed by atoms with Crippen molar-refractivity contribution in [3.8, 4) is 0 Å². The van der Waals surface area contributed by atoms with Gasteiger partial charge in [-0.2, -0.15) is 0 Å². The molecule has 3 rings (SSSR count). The highest BCUT2D eigenvalue weighted by Gasteiger charge is 2.37. The third-order valence-corrected chi connectivity index (χ3v) is 3.88. The van der Waals surface area contributed by atoms with Crippen LogP contribution in [0.1, 0.15) is 36.0 Å². The Balaban J connectivity index is 1.85. The zero-order chi connectivity index (χ0) is 13.5. The van der Waals surface area contributed by atoms with Gasteiger partial charge in [0.15, 0.2) is 5.78 Å². The molecule has 0 bridgehead atoms. The highest BCUT2D eigenvalue weighted by molar-refractivity contribution is 6.08. The highest BCUT2D eigenvalue weighted by Crippen LogP contribution is 2.38. The molecule has 1 fully saturated rings. The molecule has 0 amide bonds. The van der Waals surface area contributed by atoms with Crippen LogP contribution in [0.4, 0.5) is 8.78 Å². The molecule has 0 unspecified atom stereocenters. The van der Waals surface area contributed by atoms with Gasteiger partial charge < -0.3 is 4.98 Å². The number of nitrogens with one attached hydrogen (secondary N) is 1. The molecule has 1 heterocycles. The number of hydrogen-bond acceptors (Lipinski definition) is 1. The van der Waals surface area contributed by atoms with Crippen molar-refractivity contribution in [1.29, 1.82) is 0 Å². The lowest BCUT2D eigenvalue weighted by Crippen LogP contribution is -2.28. The van der Waals surface area contributed by atoms with Gasteiger partial charge in [-0.25, -0.2) is 8.78 Å². The van der Waals surface area contributed by atoms with Crippen molar-refractivity contribution in [1.82, 2.24) is 4.98 Å². The second kappa shape index (κ2) is 4.44. The van der Waals surface area contributed by atoms with Crippen LogP contribution in [0.3, 0.4) is 0 Å². The zero-order valence-electron chi connectivity index (χ0n) is 10.4. The van der Waals surface area contributed by atoms with E-state index in [0.717, 1.165) is 10.9 Å². The van der Waals surface area contributed by atoms with E-state index < -0.39 is 5.92 Å². The highest BCUT2D eigenvalue weighted by atomic mass is 19.3. The first-order valence-corrected chi connectivity index (χ1v) is 6.46. The summed E-state index contributed by atoms with van der Waals surface area (Å²) in [5.74, 6) is -2.89. The summed E-state index contributed by atoms with van der Waals surface area (Å²) in [7, 11) is 0. The Hall–Kier alpha value is -1.71. The number of hydrogen-bond donors (Lipinski definition) is 1. The lowest BCUT2D eigenvalue weighted by Gasteiger charge is -2.27. The van der Waals surface area contributed by atoms with Gasteiger partial charge in [-0.15, -0.1) is 0 Å². The molecule has 1 aliphatic carbocycles. The maximum absolute atomic E-state index is 13.1. The standard InChI is InChI=1S/C15H14F2NO/c16-15(17)7-5-10(6-8-15)14(19)12-9-18-13-4-2-1-3-11(12)13/h1,3-4,9-10,18H,5-8H2. The molecule has 1 aromatic heterocycles. The van der Waals surface area contributed by atoms with Crippen molar-refractivity contribution < 1.29 is 13.6 Å². The first kappa shape index (κ1) is 12.3. The van der Waals surface area contributed by atoms with Gasteiger partial charge in [0.1, 0.15) is 0 Å². The fraction of sp³-hybridized carbons (Fsp3) is 0.400. The van der Waals surface area contributed by atoms with E-state index in [1.807, 2.05) is 6.07 Å². The fourth-order valence-corrected chi connectivity index (χ4v) is 2.74. The van der Waals surface area contributed by atoms with E-state index >= 15 is 0 Å². The Morgan fingerprint density at radius 3 is 2.84 bits per heavy atom. The van der Waals surface area contributed by atoms with Gasteiger partial charge in [0, 0.05) is 41.4 Å². The molecule has 0 saturated heterocycles. The maximum atomic E-state index is 13.1. The molecule has 1 radical (unpaired) electrons. The van der Waals surface area contributed by atoms with E-state index in [1.165, 1.54) is 0 Å². The SMILES string of the molecule is O=C(c1c[nH]c2c[c]ccc12)C1CCC(F)(F)CC1. The van der Waals surface area contributed by atoms with Crippen LogP contribution in [0.15, 0.2) is 24.4 Å². The second-order valence-corrected chi connectivity index (χ2v) is 5.17. The third-order valence-electron chi connectivity index (χ3n) is 3.88. The Labute approximate surface area is 109 Å². The molecule has 1 saturated carbocycles. The summed E-state index contributed by atoms with van der Waals surface area (Å²) in [5.41, 5.74) is 1.46. The normalized spacial score (nSPS) is 19.7. The Morgan fingerprint density at radius 2 is 2.11 bits per heavy atom. The summed E-state index contributed by atoms with van der Waals surface area (Å²) < 4.78 is 26.2. The first-order valence-electron chi connectivity index (χ1n) is 6.46. The summed E-state index contributed by atoms with van der Waals surface area (Å²) in [6.07, 6.45) is 1.86. The van der Waals surface area contributed by atoms with Crippen LogP contribution in [0.25, 0.3) is 10.9 Å². The number of alkyl halides is 2. The molecule has 1 aliphatic rings. The lowest BCUT2D eigenvalue weighted by molar-refractivity contribution is -0.0424. The van der Waals surface area contributed by atoms with Crippen molar-refractivity contribution >= 4 is 16.7 Å². The number of carbonyl (C=O) groups excluding carboxylic acids is 1. The fourth-order valence-electron chi connectivity index (χ4n) is 2.74. The number of carbonyl (C=O) groups is 1. The van der Waals surface area contributed by atoms with Crippen molar-refractivity contribution in [3.05, 3.63) is 36.0 Å². The quantitative estimate of drug-likeness (QED) is 0.816. The van der Waals surface area contributed by atoms with Crippen molar-refractivity contribution in [2.45, 2.75) is 31.6 Å². The number of halogens is 2. The Kier molecular flexibility index (Phi) is 2.88. The molecular weight excluding hydrogens is 248 g/mol. The van der Waals surface area contributed by atoms with Crippen LogP contribution in [0, 0.1) is 12.0 Å². The number of ketones is 1. The minimum Gasteiger partial charge on any atom is -0.360 e. The van der Waals surface area contributed by atoms with E-state index in [9.17, 15) is 13.6 Å².